The average Bonchev–Trinajstić information content (AvgIpc) is 2.89. The lowest BCUT2D eigenvalue weighted by molar-refractivity contribution is 0.102. The van der Waals surface area contributed by atoms with Crippen molar-refractivity contribution in [1.82, 2.24) is 10.2 Å². The molecule has 0 spiro atoms. The number of hydrogen-bond donors (Lipinski definition) is 2. The predicted molar refractivity (Wildman–Crippen MR) is 90.3 cm³/mol. The predicted octanol–water partition coefficient (Wildman–Crippen LogP) is 3.99. The lowest BCUT2D eigenvalue weighted by Crippen LogP contribution is -2.13. The van der Waals surface area contributed by atoms with Gasteiger partial charge in [0.15, 0.2) is 0 Å². The number of amides is 1. The first-order chi connectivity index (χ1) is 10.0. The van der Waals surface area contributed by atoms with Crippen LogP contribution in [0.25, 0.3) is 0 Å². The van der Waals surface area contributed by atoms with Gasteiger partial charge in [-0.2, -0.15) is 0 Å². The molecule has 5 nitrogen and oxygen atoms in total. The maximum absolute atomic E-state index is 12.2. The van der Waals surface area contributed by atoms with Crippen LogP contribution in [-0.4, -0.2) is 22.6 Å². The van der Waals surface area contributed by atoms with Gasteiger partial charge in [0.05, 0.1) is 0 Å². The Bertz CT molecular complexity index is 633. The zero-order valence-corrected chi connectivity index (χ0v) is 14.6. The highest BCUT2D eigenvalue weighted by Crippen LogP contribution is 2.26. The van der Waals surface area contributed by atoms with Gasteiger partial charge < -0.3 is 10.6 Å². The molecule has 0 radical (unpaired) electrons. The number of hydrogen-bond acceptors (Lipinski definition) is 5. The number of aromatic nitrogens is 2. The van der Waals surface area contributed by atoms with Gasteiger partial charge in [0, 0.05) is 16.7 Å². The van der Waals surface area contributed by atoms with E-state index in [0.717, 1.165) is 34.3 Å². The molecule has 2 N–H and O–H groups in total. The average molecular weight is 369 g/mol. The molecular weight excluding hydrogens is 352 g/mol. The first-order valence-corrected chi connectivity index (χ1v) is 8.27. The molecule has 0 fully saturated rings. The summed E-state index contributed by atoms with van der Waals surface area (Å²) in [6.45, 7) is 6.81. The number of carbonyl (C=O) groups excluding carboxylic acids is 1. The molecule has 1 amide bonds. The molecule has 2 rings (SSSR count). The Hall–Kier alpha value is -1.47. The maximum Gasteiger partial charge on any atom is 0.286 e. The Morgan fingerprint density at radius 1 is 1.29 bits per heavy atom. The van der Waals surface area contributed by atoms with Crippen molar-refractivity contribution in [3.63, 3.8) is 0 Å². The molecule has 0 aliphatic heterocycles. The number of halogens is 1. The van der Waals surface area contributed by atoms with Crippen molar-refractivity contribution in [2.24, 2.45) is 0 Å². The van der Waals surface area contributed by atoms with E-state index in [9.17, 15) is 4.79 Å². The fourth-order valence-corrected chi connectivity index (χ4v) is 3.24. The van der Waals surface area contributed by atoms with Crippen LogP contribution >= 0.6 is 27.3 Å². The van der Waals surface area contributed by atoms with E-state index >= 15 is 0 Å². The summed E-state index contributed by atoms with van der Waals surface area (Å²) < 4.78 is 0.998. The third-order valence-corrected chi connectivity index (χ3v) is 4.22. The highest BCUT2D eigenvalue weighted by molar-refractivity contribution is 9.10. The minimum atomic E-state index is -0.231. The summed E-state index contributed by atoms with van der Waals surface area (Å²) in [6, 6.07) is 3.94. The molecule has 0 atom stereocenters. The van der Waals surface area contributed by atoms with Crippen molar-refractivity contribution in [2.75, 3.05) is 17.2 Å². The van der Waals surface area contributed by atoms with Crippen LogP contribution in [-0.2, 0) is 0 Å². The molecule has 0 aliphatic rings. The zero-order valence-electron chi connectivity index (χ0n) is 12.2. The highest BCUT2D eigenvalue weighted by Gasteiger charge is 2.15. The Balaban J connectivity index is 2.13. The number of carbonyl (C=O) groups is 1. The van der Waals surface area contributed by atoms with Crippen molar-refractivity contribution < 1.29 is 4.79 Å². The van der Waals surface area contributed by atoms with Crippen molar-refractivity contribution in [2.45, 2.75) is 27.2 Å². The smallest absolute Gasteiger partial charge is 0.286 e. The van der Waals surface area contributed by atoms with Crippen molar-refractivity contribution in [3.8, 4) is 0 Å². The van der Waals surface area contributed by atoms with E-state index in [-0.39, 0.29) is 5.91 Å². The summed E-state index contributed by atoms with van der Waals surface area (Å²) in [6.07, 6.45) is 0.998. The third kappa shape index (κ3) is 4.01. The van der Waals surface area contributed by atoms with E-state index in [1.807, 2.05) is 26.0 Å². The standard InChI is InChI=1S/C14H17BrN4OS/c1-4-5-16-14-19-18-13(21-14)12(20)17-11-8(2)6-10(15)7-9(11)3/h6-7H,4-5H2,1-3H3,(H,16,19)(H,17,20). The second-order valence-electron chi connectivity index (χ2n) is 4.71. The SMILES string of the molecule is CCCNc1nnc(C(=O)Nc2c(C)cc(Br)cc2C)s1. The van der Waals surface area contributed by atoms with Crippen molar-refractivity contribution in [1.29, 1.82) is 0 Å². The van der Waals surface area contributed by atoms with Gasteiger partial charge in [-0.25, -0.2) is 0 Å². The lowest BCUT2D eigenvalue weighted by atomic mass is 10.1. The van der Waals surface area contributed by atoms with Gasteiger partial charge in [0.1, 0.15) is 0 Å². The summed E-state index contributed by atoms with van der Waals surface area (Å²) in [5.74, 6) is -0.231. The van der Waals surface area contributed by atoms with Gasteiger partial charge in [-0.3, -0.25) is 4.79 Å². The molecule has 7 heteroatoms. The number of anilines is 2. The van der Waals surface area contributed by atoms with Gasteiger partial charge in [-0.1, -0.05) is 34.2 Å². The van der Waals surface area contributed by atoms with Crippen molar-refractivity contribution in [3.05, 3.63) is 32.7 Å². The van der Waals surface area contributed by atoms with Crippen LogP contribution < -0.4 is 10.6 Å². The number of aryl methyl sites for hydroxylation is 2. The maximum atomic E-state index is 12.2. The minimum Gasteiger partial charge on any atom is -0.360 e. The monoisotopic (exact) mass is 368 g/mol. The summed E-state index contributed by atoms with van der Waals surface area (Å²) in [4.78, 5) is 12.2. The quantitative estimate of drug-likeness (QED) is 0.836. The van der Waals surface area contributed by atoms with Crippen LogP contribution in [0.2, 0.25) is 0 Å². The second kappa shape index (κ2) is 7.00. The van der Waals surface area contributed by atoms with Gasteiger partial charge in [0.25, 0.3) is 5.91 Å². The normalized spacial score (nSPS) is 10.5. The van der Waals surface area contributed by atoms with Gasteiger partial charge in [-0.15, -0.1) is 10.2 Å². The number of nitrogens with zero attached hydrogens (tertiary/aromatic N) is 2. The first-order valence-electron chi connectivity index (χ1n) is 6.66. The van der Waals surface area contributed by atoms with Crippen molar-refractivity contribution >= 4 is 44.0 Å². The van der Waals surface area contributed by atoms with Gasteiger partial charge in [0.2, 0.25) is 10.1 Å². The summed E-state index contributed by atoms with van der Waals surface area (Å²) in [7, 11) is 0. The summed E-state index contributed by atoms with van der Waals surface area (Å²) in [5.41, 5.74) is 2.83. The van der Waals surface area contributed by atoms with Gasteiger partial charge >= 0.3 is 0 Å². The van der Waals surface area contributed by atoms with E-state index in [0.29, 0.717) is 10.1 Å². The molecule has 0 unspecified atom stereocenters. The van der Waals surface area contributed by atoms with E-state index in [4.69, 9.17) is 0 Å². The Morgan fingerprint density at radius 2 is 1.95 bits per heavy atom. The van der Waals surface area contributed by atoms with E-state index in [1.165, 1.54) is 11.3 Å². The van der Waals surface area contributed by atoms with Crippen LogP contribution in [0.1, 0.15) is 34.3 Å². The third-order valence-electron chi connectivity index (χ3n) is 2.88. The van der Waals surface area contributed by atoms with E-state index in [1.54, 1.807) is 0 Å². The molecule has 0 aliphatic carbocycles. The molecule has 0 bridgehead atoms. The number of rotatable bonds is 5. The van der Waals surface area contributed by atoms with Crippen LogP contribution in [0.4, 0.5) is 10.8 Å². The van der Waals surface area contributed by atoms with Crippen LogP contribution in [0.15, 0.2) is 16.6 Å². The Kier molecular flexibility index (Phi) is 5.30. The van der Waals surface area contributed by atoms with Gasteiger partial charge in [-0.05, 0) is 43.5 Å². The van der Waals surface area contributed by atoms with Crippen LogP contribution in [0.5, 0.6) is 0 Å². The zero-order chi connectivity index (χ0) is 15.4. The molecule has 112 valence electrons. The number of benzene rings is 1. The molecule has 1 aromatic carbocycles. The van der Waals surface area contributed by atoms with Crippen LogP contribution in [0, 0.1) is 13.8 Å². The Labute approximate surface area is 136 Å². The van der Waals surface area contributed by atoms with Crippen LogP contribution in [0.3, 0.4) is 0 Å². The molecule has 1 heterocycles. The largest absolute Gasteiger partial charge is 0.360 e. The summed E-state index contributed by atoms with van der Waals surface area (Å²) in [5, 5.41) is 15.0. The highest BCUT2D eigenvalue weighted by atomic mass is 79.9. The second-order valence-corrected chi connectivity index (χ2v) is 6.60. The lowest BCUT2D eigenvalue weighted by Gasteiger charge is -2.11. The molecule has 0 saturated carbocycles. The molecular formula is C14H17BrN4OS. The molecule has 1 aromatic heterocycles. The fraction of sp³-hybridized carbons (Fsp3) is 0.357. The molecule has 21 heavy (non-hydrogen) atoms. The van der Waals surface area contributed by atoms with E-state index in [2.05, 4.69) is 43.7 Å². The molecule has 0 saturated heterocycles. The number of nitrogens with one attached hydrogen (secondary N) is 2. The summed E-state index contributed by atoms with van der Waals surface area (Å²) >= 11 is 4.70. The van der Waals surface area contributed by atoms with E-state index < -0.39 is 0 Å². The molecule has 2 aromatic rings. The first kappa shape index (κ1) is 15.9. The topological polar surface area (TPSA) is 66.9 Å². The minimum absolute atomic E-state index is 0.231. The fourth-order valence-electron chi connectivity index (χ4n) is 1.89. The Morgan fingerprint density at radius 3 is 2.57 bits per heavy atom.